The molecule has 1 amide bonds. The Morgan fingerprint density at radius 2 is 1.77 bits per heavy atom. The van der Waals surface area contributed by atoms with Crippen LogP contribution in [0.15, 0.2) is 60.8 Å². The van der Waals surface area contributed by atoms with E-state index in [2.05, 4.69) is 15.4 Å². The molecule has 1 atom stereocenters. The molecule has 1 aliphatic carbocycles. The van der Waals surface area contributed by atoms with Crippen molar-refractivity contribution >= 4 is 5.91 Å². The number of nitrogens with zero attached hydrogens (tertiary/aromatic N) is 3. The van der Waals surface area contributed by atoms with Gasteiger partial charge in [0, 0.05) is 29.1 Å². The summed E-state index contributed by atoms with van der Waals surface area (Å²) in [5.41, 5.74) is 2.91. The van der Waals surface area contributed by atoms with Gasteiger partial charge >= 0.3 is 6.18 Å². The molecule has 2 aromatic heterocycles. The van der Waals surface area contributed by atoms with Gasteiger partial charge in [-0.05, 0) is 68.4 Å². The van der Waals surface area contributed by atoms with Crippen molar-refractivity contribution in [2.24, 2.45) is 0 Å². The summed E-state index contributed by atoms with van der Waals surface area (Å²) in [6, 6.07) is 13.5. The Bertz CT molecular complexity index is 1530. The van der Waals surface area contributed by atoms with E-state index < -0.39 is 42.0 Å². The molecule has 0 radical (unpaired) electrons. The van der Waals surface area contributed by atoms with Crippen molar-refractivity contribution < 1.29 is 26.7 Å². The van der Waals surface area contributed by atoms with Crippen molar-refractivity contribution in [1.82, 2.24) is 20.1 Å². The quantitative estimate of drug-likeness (QED) is 0.264. The van der Waals surface area contributed by atoms with E-state index in [-0.39, 0.29) is 18.4 Å². The fourth-order valence-corrected chi connectivity index (χ4v) is 5.34. The smallest absolute Gasteiger partial charge is 0.346 e. The summed E-state index contributed by atoms with van der Waals surface area (Å²) in [5.74, 6) is -2.11. The number of nitrogens with one attached hydrogen (secondary N) is 1. The Kier molecular flexibility index (Phi) is 7.69. The predicted octanol–water partition coefficient (Wildman–Crippen LogP) is 6.53. The first-order valence-electron chi connectivity index (χ1n) is 13.0. The van der Waals surface area contributed by atoms with Crippen molar-refractivity contribution in [2.45, 2.75) is 57.8 Å². The average molecular weight is 555 g/mol. The molecule has 4 aromatic rings. The molecule has 1 aliphatic rings. The van der Waals surface area contributed by atoms with Crippen molar-refractivity contribution in [3.8, 4) is 11.1 Å². The highest BCUT2D eigenvalue weighted by Gasteiger charge is 2.39. The lowest BCUT2D eigenvalue weighted by Gasteiger charge is -2.22. The Morgan fingerprint density at radius 3 is 2.50 bits per heavy atom. The Labute approximate surface area is 228 Å². The van der Waals surface area contributed by atoms with Gasteiger partial charge in [-0.3, -0.25) is 14.5 Å². The molecular weight excluding hydrogens is 527 g/mol. The fourth-order valence-electron chi connectivity index (χ4n) is 5.34. The highest BCUT2D eigenvalue weighted by atomic mass is 19.4. The zero-order valence-corrected chi connectivity index (χ0v) is 21.7. The maximum atomic E-state index is 14.0. The van der Waals surface area contributed by atoms with Crippen LogP contribution in [0, 0.1) is 18.6 Å². The minimum Gasteiger partial charge on any atom is -0.346 e. The van der Waals surface area contributed by atoms with Gasteiger partial charge in [0.1, 0.15) is 18.2 Å². The topological polar surface area (TPSA) is 59.8 Å². The molecule has 5 rings (SSSR count). The maximum absolute atomic E-state index is 14.0. The van der Waals surface area contributed by atoms with Crippen molar-refractivity contribution in [3.05, 3.63) is 106 Å². The molecule has 1 unspecified atom stereocenters. The van der Waals surface area contributed by atoms with Crippen LogP contribution in [0.25, 0.3) is 11.1 Å². The fraction of sp³-hybridized carbons (Fsp3) is 0.300. The summed E-state index contributed by atoms with van der Waals surface area (Å²) >= 11 is 0. The SMILES string of the molecule is Cc1cccc(-c2cccnc2C(Cc2cc(F)cc(F)c2)NC(=O)Cn2nc(C(F)(F)F)c3c2CCCC3)c1. The largest absolute Gasteiger partial charge is 0.435 e. The van der Waals surface area contributed by atoms with Crippen LogP contribution in [-0.2, 0) is 36.8 Å². The van der Waals surface area contributed by atoms with E-state index in [1.807, 2.05) is 37.3 Å². The number of alkyl halides is 3. The number of aromatic nitrogens is 3. The molecule has 10 heteroatoms. The molecule has 0 aliphatic heterocycles. The summed E-state index contributed by atoms with van der Waals surface area (Å²) in [7, 11) is 0. The molecule has 0 bridgehead atoms. The van der Waals surface area contributed by atoms with E-state index in [0.717, 1.165) is 21.9 Å². The molecule has 0 fully saturated rings. The summed E-state index contributed by atoms with van der Waals surface area (Å²) < 4.78 is 70.2. The summed E-state index contributed by atoms with van der Waals surface area (Å²) in [4.78, 5) is 17.9. The lowest BCUT2D eigenvalue weighted by molar-refractivity contribution is -0.142. The van der Waals surface area contributed by atoms with Crippen LogP contribution in [0.1, 0.15) is 52.7 Å². The van der Waals surface area contributed by atoms with Gasteiger partial charge in [-0.2, -0.15) is 18.3 Å². The first-order valence-corrected chi connectivity index (χ1v) is 13.0. The highest BCUT2D eigenvalue weighted by Crippen LogP contribution is 2.36. The van der Waals surface area contributed by atoms with Gasteiger partial charge in [-0.25, -0.2) is 8.78 Å². The number of carbonyl (C=O) groups excluding carboxylic acids is 1. The molecule has 40 heavy (non-hydrogen) atoms. The molecule has 1 N–H and O–H groups in total. The molecule has 0 saturated heterocycles. The lowest BCUT2D eigenvalue weighted by atomic mass is 9.94. The first-order chi connectivity index (χ1) is 19.1. The monoisotopic (exact) mass is 554 g/mol. The van der Waals surface area contributed by atoms with Crippen molar-refractivity contribution in [2.75, 3.05) is 0 Å². The van der Waals surface area contributed by atoms with Gasteiger partial charge in [0.15, 0.2) is 5.69 Å². The van der Waals surface area contributed by atoms with Crippen molar-refractivity contribution in [3.63, 3.8) is 0 Å². The number of carbonyl (C=O) groups is 1. The van der Waals surface area contributed by atoms with Crippen LogP contribution in [0.3, 0.4) is 0 Å². The number of fused-ring (bicyclic) bond motifs is 1. The van der Waals surface area contributed by atoms with E-state index in [0.29, 0.717) is 41.8 Å². The number of hydrogen-bond donors (Lipinski definition) is 1. The molecule has 2 heterocycles. The third-order valence-corrected chi connectivity index (χ3v) is 7.01. The minimum atomic E-state index is -4.62. The second-order valence-corrected chi connectivity index (χ2v) is 10.0. The Balaban J connectivity index is 1.50. The molecule has 0 saturated carbocycles. The third kappa shape index (κ3) is 6.05. The molecule has 0 spiro atoms. The van der Waals surface area contributed by atoms with Crippen LogP contribution in [-0.4, -0.2) is 20.7 Å². The van der Waals surface area contributed by atoms with Crippen LogP contribution in [0.2, 0.25) is 0 Å². The predicted molar refractivity (Wildman–Crippen MR) is 139 cm³/mol. The van der Waals surface area contributed by atoms with Crippen LogP contribution < -0.4 is 5.32 Å². The van der Waals surface area contributed by atoms with Gasteiger partial charge in [0.25, 0.3) is 0 Å². The van der Waals surface area contributed by atoms with Gasteiger partial charge in [-0.1, -0.05) is 35.9 Å². The van der Waals surface area contributed by atoms with E-state index in [1.54, 1.807) is 12.3 Å². The molecular formula is C30H27F5N4O. The summed E-state index contributed by atoms with van der Waals surface area (Å²) in [6.07, 6.45) is -1.08. The lowest BCUT2D eigenvalue weighted by Crippen LogP contribution is -2.34. The van der Waals surface area contributed by atoms with Crippen LogP contribution >= 0.6 is 0 Å². The van der Waals surface area contributed by atoms with E-state index >= 15 is 0 Å². The second-order valence-electron chi connectivity index (χ2n) is 10.0. The van der Waals surface area contributed by atoms with Gasteiger partial charge in [0.2, 0.25) is 5.91 Å². The molecule has 2 aromatic carbocycles. The highest BCUT2D eigenvalue weighted by molar-refractivity contribution is 5.77. The number of rotatable bonds is 7. The Morgan fingerprint density at radius 1 is 1.02 bits per heavy atom. The summed E-state index contributed by atoms with van der Waals surface area (Å²) in [6.45, 7) is 1.51. The van der Waals surface area contributed by atoms with E-state index in [4.69, 9.17) is 0 Å². The van der Waals surface area contributed by atoms with Gasteiger partial charge < -0.3 is 5.32 Å². The normalized spacial score (nSPS) is 14.1. The van der Waals surface area contributed by atoms with Crippen LogP contribution in [0.5, 0.6) is 0 Å². The number of hydrogen-bond acceptors (Lipinski definition) is 3. The number of amides is 1. The van der Waals surface area contributed by atoms with Crippen LogP contribution in [0.4, 0.5) is 22.0 Å². The van der Waals surface area contributed by atoms with E-state index in [1.165, 1.54) is 12.1 Å². The molecule has 5 nitrogen and oxygen atoms in total. The van der Waals surface area contributed by atoms with Crippen molar-refractivity contribution in [1.29, 1.82) is 0 Å². The number of benzene rings is 2. The average Bonchev–Trinajstić information content (AvgIpc) is 3.27. The third-order valence-electron chi connectivity index (χ3n) is 7.01. The van der Waals surface area contributed by atoms with E-state index in [9.17, 15) is 26.7 Å². The molecule has 208 valence electrons. The maximum Gasteiger partial charge on any atom is 0.435 e. The Hall–Kier alpha value is -4.08. The number of pyridine rings is 1. The standard InChI is InChI=1S/C30H27F5N4O/c1-18-6-4-7-20(12-18)23-9-5-11-36-28(23)25(15-19-13-21(31)16-22(32)14-19)37-27(40)17-39-26-10-3-2-8-24(26)29(38-39)30(33,34)35/h4-7,9,11-14,16,25H,2-3,8,10,15,17H2,1H3,(H,37,40). The zero-order valence-electron chi connectivity index (χ0n) is 21.7. The summed E-state index contributed by atoms with van der Waals surface area (Å²) in [5, 5.41) is 6.64. The second kappa shape index (κ2) is 11.2. The van der Waals surface area contributed by atoms with Gasteiger partial charge in [-0.15, -0.1) is 0 Å². The number of halogens is 5. The van der Waals surface area contributed by atoms with Gasteiger partial charge in [0.05, 0.1) is 11.7 Å². The first kappa shape index (κ1) is 27.5. The zero-order chi connectivity index (χ0) is 28.4. The minimum absolute atomic E-state index is 0.00125. The number of aryl methyl sites for hydroxylation is 1.